The number of nitrogen functional groups attached to an aromatic ring is 1. The minimum absolute atomic E-state index is 0.00884. The number of hydrogen-bond acceptors (Lipinski definition) is 10. The second kappa shape index (κ2) is 12.1. The van der Waals surface area contributed by atoms with Crippen molar-refractivity contribution in [3.8, 4) is 23.2 Å². The predicted octanol–water partition coefficient (Wildman–Crippen LogP) is 6.78. The Morgan fingerprint density at radius 2 is 2.06 bits per heavy atom. The van der Waals surface area contributed by atoms with Crippen molar-refractivity contribution in [2.24, 2.45) is 0 Å². The van der Waals surface area contributed by atoms with Gasteiger partial charge in [0, 0.05) is 41.1 Å². The van der Waals surface area contributed by atoms with E-state index >= 15 is 4.39 Å². The molecule has 16 heteroatoms. The van der Waals surface area contributed by atoms with E-state index < -0.39 is 47.7 Å². The minimum atomic E-state index is -2.85. The van der Waals surface area contributed by atoms with Crippen LogP contribution in [0.3, 0.4) is 0 Å². The number of hydrogen-bond donors (Lipinski definition) is 2. The third-order valence-corrected chi connectivity index (χ3v) is 12.3. The molecule has 248 valence electrons. The van der Waals surface area contributed by atoms with E-state index in [2.05, 4.69) is 9.97 Å². The van der Waals surface area contributed by atoms with Crippen LogP contribution in [-0.2, 0) is 0 Å². The van der Waals surface area contributed by atoms with Crippen molar-refractivity contribution < 1.29 is 31.8 Å². The summed E-state index contributed by atoms with van der Waals surface area (Å²) in [6.45, 7) is 0.506. The van der Waals surface area contributed by atoms with E-state index in [4.69, 9.17) is 22.1 Å². The molecule has 2 unspecified atom stereocenters. The van der Waals surface area contributed by atoms with Crippen LogP contribution in [0.15, 0.2) is 17.0 Å². The number of thiophene rings is 1. The maximum Gasteiger partial charge on any atom is 0.319 e. The van der Waals surface area contributed by atoms with Gasteiger partial charge in [-0.1, -0.05) is 17.7 Å². The number of ether oxygens (including phenoxy) is 1. The van der Waals surface area contributed by atoms with E-state index in [9.17, 15) is 27.9 Å². The fourth-order valence-corrected chi connectivity index (χ4v) is 9.82. The van der Waals surface area contributed by atoms with Gasteiger partial charge < -0.3 is 20.5 Å². The fourth-order valence-electron chi connectivity index (χ4n) is 7.24. The maximum atomic E-state index is 17.1. The summed E-state index contributed by atoms with van der Waals surface area (Å²) in [4.78, 5) is 12.4. The summed E-state index contributed by atoms with van der Waals surface area (Å²) < 4.78 is 81.5. The number of halogens is 6. The Balaban J connectivity index is 1.49. The smallest absolute Gasteiger partial charge is 0.319 e. The first-order valence-electron chi connectivity index (χ1n) is 14.9. The van der Waals surface area contributed by atoms with Gasteiger partial charge in [-0.25, -0.2) is 22.0 Å². The molecule has 0 saturated carbocycles. The molecule has 3 aliphatic rings. The lowest BCUT2D eigenvalue weighted by Gasteiger charge is -2.35. The van der Waals surface area contributed by atoms with E-state index in [0.29, 0.717) is 13.0 Å². The van der Waals surface area contributed by atoms with Crippen molar-refractivity contribution in [3.05, 3.63) is 34.4 Å². The third kappa shape index (κ3) is 5.15. The summed E-state index contributed by atoms with van der Waals surface area (Å²) in [6, 6.07) is 2.69. The highest BCUT2D eigenvalue weighted by molar-refractivity contribution is 8.00. The molecule has 5 heterocycles. The lowest BCUT2D eigenvalue weighted by atomic mass is 9.95. The molecule has 4 atom stereocenters. The topological polar surface area (TPSA) is 112 Å². The van der Waals surface area contributed by atoms with Crippen molar-refractivity contribution in [1.82, 2.24) is 14.9 Å². The summed E-state index contributed by atoms with van der Waals surface area (Å²) in [5.41, 5.74) is 4.97. The van der Waals surface area contributed by atoms with Gasteiger partial charge in [-0.3, -0.25) is 4.90 Å². The number of nitrogens with zero attached hydrogens (tertiary/aromatic N) is 5. The van der Waals surface area contributed by atoms with Gasteiger partial charge in [-0.05, 0) is 37.4 Å². The second-order valence-electron chi connectivity index (χ2n) is 12.2. The maximum absolute atomic E-state index is 17.1. The van der Waals surface area contributed by atoms with Gasteiger partial charge in [0.25, 0.3) is 6.43 Å². The van der Waals surface area contributed by atoms with Gasteiger partial charge in [-0.2, -0.15) is 15.2 Å². The Kier molecular flexibility index (Phi) is 8.31. The molecule has 0 spiro atoms. The number of aliphatic hydroxyl groups excluding tert-OH is 1. The van der Waals surface area contributed by atoms with Crippen LogP contribution in [-0.4, -0.2) is 82.8 Å². The summed E-state index contributed by atoms with van der Waals surface area (Å²) >= 11 is 8.82. The molecule has 3 N–H and O–H groups in total. The molecule has 0 radical (unpaired) electrons. The highest BCUT2D eigenvalue weighted by Gasteiger charge is 2.49. The van der Waals surface area contributed by atoms with Gasteiger partial charge in [-0.15, -0.1) is 23.1 Å². The van der Waals surface area contributed by atoms with Crippen LogP contribution in [0, 0.1) is 23.0 Å². The van der Waals surface area contributed by atoms with Crippen molar-refractivity contribution in [2.45, 2.75) is 60.0 Å². The number of anilines is 2. The number of alkyl halides is 3. The Bertz CT molecular complexity index is 1960. The Morgan fingerprint density at radius 3 is 2.79 bits per heavy atom. The molecule has 2 aromatic heterocycles. The van der Waals surface area contributed by atoms with Crippen molar-refractivity contribution in [3.63, 3.8) is 0 Å². The monoisotopic (exact) mass is 710 g/mol. The molecular formula is C31H28ClF5N6O2S2. The zero-order chi connectivity index (χ0) is 33.4. The van der Waals surface area contributed by atoms with Crippen LogP contribution in [0.5, 0.6) is 6.01 Å². The van der Waals surface area contributed by atoms with Gasteiger partial charge in [0.2, 0.25) is 0 Å². The van der Waals surface area contributed by atoms with Gasteiger partial charge >= 0.3 is 6.01 Å². The zero-order valence-corrected chi connectivity index (χ0v) is 27.3. The van der Waals surface area contributed by atoms with E-state index in [1.165, 1.54) is 18.0 Å². The minimum Gasteiger partial charge on any atom is -0.461 e. The second-order valence-corrected chi connectivity index (χ2v) is 14.9. The SMILES string of the molecule is CN1c2nc(OC[C@@]34CCCN3C[C@H](F)C4)nc3c(F)c(-c4ccc(F)c5sc(N)c(C#N)c45)c(Cl)c(c23)SC(CO)CC1C(F)F. The number of aliphatic hydroxyl groups is 1. The first kappa shape index (κ1) is 32.4. The molecule has 4 aromatic rings. The van der Waals surface area contributed by atoms with Gasteiger partial charge in [0.05, 0.1) is 38.9 Å². The number of fused-ring (bicyclic) bond motifs is 2. The van der Waals surface area contributed by atoms with Crippen LogP contribution in [0.25, 0.3) is 32.1 Å². The summed E-state index contributed by atoms with van der Waals surface area (Å²) in [5.74, 6) is -1.69. The van der Waals surface area contributed by atoms with Crippen molar-refractivity contribution in [1.29, 1.82) is 5.26 Å². The van der Waals surface area contributed by atoms with Crippen molar-refractivity contribution >= 4 is 66.5 Å². The summed E-state index contributed by atoms with van der Waals surface area (Å²) in [6.07, 6.45) is -2.26. The van der Waals surface area contributed by atoms with E-state index in [1.54, 1.807) is 0 Å². The van der Waals surface area contributed by atoms with E-state index in [0.717, 1.165) is 35.6 Å². The largest absolute Gasteiger partial charge is 0.461 e. The lowest BCUT2D eigenvalue weighted by molar-refractivity contribution is 0.104. The number of nitriles is 1. The normalized spacial score (nSPS) is 24.6. The lowest BCUT2D eigenvalue weighted by Crippen LogP contribution is -2.44. The first-order chi connectivity index (χ1) is 22.5. The van der Waals surface area contributed by atoms with Crippen LogP contribution >= 0.6 is 34.7 Å². The average molecular weight is 711 g/mol. The van der Waals surface area contributed by atoms with E-state index in [1.807, 2.05) is 11.0 Å². The highest BCUT2D eigenvalue weighted by atomic mass is 35.5. The molecule has 7 rings (SSSR count). The highest BCUT2D eigenvalue weighted by Crippen LogP contribution is 2.52. The third-order valence-electron chi connectivity index (χ3n) is 9.49. The molecule has 2 saturated heterocycles. The standard InChI is InChI=1S/C31H28ClF5N6O2S2/c1-42-18(27(36)37)7-14(11-44)46-26-21-24(40-30(41-29(21)42)45-12-31-5-2-6-43(31)10-13(33)8-31)23(35)20(22(26)32)15-3-4-17(34)25-19(15)16(9-38)28(39)47-25/h3-4,13-14,18,27,44H,2,5-8,10-12,39H2,1H3/t13-,14?,18?,31+/m1/s1. The predicted molar refractivity (Wildman–Crippen MR) is 172 cm³/mol. The van der Waals surface area contributed by atoms with Crippen molar-refractivity contribution in [2.75, 3.05) is 44.0 Å². The number of thioether (sulfide) groups is 1. The number of nitrogens with two attached hydrogens (primary N) is 1. The zero-order valence-electron chi connectivity index (χ0n) is 24.9. The molecule has 8 nitrogen and oxygen atoms in total. The van der Waals surface area contributed by atoms with Crippen LogP contribution in [0.4, 0.5) is 32.8 Å². The Labute approximate surface area is 279 Å². The Hall–Kier alpha value is -3.16. The Morgan fingerprint density at radius 1 is 1.28 bits per heavy atom. The molecule has 2 aromatic carbocycles. The quantitative estimate of drug-likeness (QED) is 0.209. The molecule has 47 heavy (non-hydrogen) atoms. The van der Waals surface area contributed by atoms with Crippen LogP contribution in [0.1, 0.15) is 31.2 Å². The molecule has 0 aliphatic carbocycles. The number of aromatic nitrogens is 2. The van der Waals surface area contributed by atoms with Crippen LogP contribution < -0.4 is 15.4 Å². The molecular weight excluding hydrogens is 683 g/mol. The molecule has 2 fully saturated rings. The average Bonchev–Trinajstić information content (AvgIpc) is 3.68. The summed E-state index contributed by atoms with van der Waals surface area (Å²) in [5, 5.41) is 19.3. The molecule has 0 bridgehead atoms. The number of rotatable bonds is 6. The van der Waals surface area contributed by atoms with Crippen LogP contribution in [0.2, 0.25) is 5.02 Å². The molecule has 0 amide bonds. The van der Waals surface area contributed by atoms with E-state index in [-0.39, 0.29) is 90.4 Å². The number of benzene rings is 2. The van der Waals surface area contributed by atoms with Gasteiger partial charge in [0.15, 0.2) is 5.82 Å². The fraction of sp³-hybridized carbons (Fsp3) is 0.452. The summed E-state index contributed by atoms with van der Waals surface area (Å²) in [7, 11) is 1.40. The first-order valence-corrected chi connectivity index (χ1v) is 17.0. The van der Waals surface area contributed by atoms with Gasteiger partial charge in [0.1, 0.15) is 41.0 Å². The molecule has 3 aliphatic heterocycles.